The average Bonchev–Trinajstić information content (AvgIpc) is 3.37. The van der Waals surface area contributed by atoms with Gasteiger partial charge in [-0.05, 0) is 48.7 Å². The van der Waals surface area contributed by atoms with Crippen molar-refractivity contribution in [2.24, 2.45) is 0 Å². The molecule has 2 N–H and O–H groups in total. The number of aromatic nitrogens is 2. The number of hydrogen-bond donors (Lipinski definition) is 2. The second-order valence-corrected chi connectivity index (χ2v) is 8.60. The van der Waals surface area contributed by atoms with E-state index in [0.717, 1.165) is 24.0 Å². The molecule has 0 fully saturated rings. The summed E-state index contributed by atoms with van der Waals surface area (Å²) in [6.45, 7) is 4.45. The van der Waals surface area contributed by atoms with E-state index in [1.165, 1.54) is 0 Å². The first-order valence-electron chi connectivity index (χ1n) is 11.0. The van der Waals surface area contributed by atoms with E-state index in [1.807, 2.05) is 24.0 Å². The highest BCUT2D eigenvalue weighted by Gasteiger charge is 2.43. The average molecular weight is 486 g/mol. The second kappa shape index (κ2) is 9.46. The summed E-state index contributed by atoms with van der Waals surface area (Å²) in [5.41, 5.74) is 3.51. The Morgan fingerprint density at radius 2 is 1.79 bits per heavy atom. The number of H-pyrrole nitrogens is 1. The van der Waals surface area contributed by atoms with Gasteiger partial charge in [-0.2, -0.15) is 5.10 Å². The maximum absolute atomic E-state index is 13.4. The highest BCUT2D eigenvalue weighted by Crippen LogP contribution is 2.48. The Hall–Kier alpha value is -3.39. The van der Waals surface area contributed by atoms with Gasteiger partial charge in [0.05, 0.1) is 27.4 Å². The number of nitrogens with zero attached hydrogens (tertiary/aromatic N) is 2. The molecule has 2 heterocycles. The van der Waals surface area contributed by atoms with Gasteiger partial charge in [-0.25, -0.2) is 0 Å². The lowest BCUT2D eigenvalue weighted by Gasteiger charge is -2.27. The first-order chi connectivity index (χ1) is 16.4. The number of phenolic OH excluding ortho intramolecular Hbond substituents is 1. The zero-order chi connectivity index (χ0) is 24.6. The van der Waals surface area contributed by atoms with Crippen LogP contribution in [0.15, 0.2) is 24.3 Å². The van der Waals surface area contributed by atoms with Gasteiger partial charge in [-0.15, -0.1) is 0 Å². The van der Waals surface area contributed by atoms with Gasteiger partial charge >= 0.3 is 0 Å². The minimum Gasteiger partial charge on any atom is -0.507 e. The van der Waals surface area contributed by atoms with Gasteiger partial charge in [-0.1, -0.05) is 24.9 Å². The number of benzene rings is 2. The van der Waals surface area contributed by atoms with Gasteiger partial charge in [0.15, 0.2) is 11.5 Å². The van der Waals surface area contributed by atoms with Crippen LogP contribution in [0.5, 0.6) is 23.0 Å². The smallest absolute Gasteiger partial charge is 0.273 e. The summed E-state index contributed by atoms with van der Waals surface area (Å²) in [4.78, 5) is 15.3. The molecule has 0 bridgehead atoms. The fourth-order valence-corrected chi connectivity index (χ4v) is 4.59. The number of fused-ring (bicyclic) bond motifs is 1. The topological polar surface area (TPSA) is 96.9 Å². The molecule has 3 aromatic rings. The van der Waals surface area contributed by atoms with E-state index in [1.54, 1.807) is 33.5 Å². The SMILES string of the molecule is CCCCN1C(=O)c2[nH]nc(-c3cc(Cl)c(C)cc3O)c2C1c1cc(OC)c(OC)c(OC)c1. The largest absolute Gasteiger partial charge is 0.507 e. The second-order valence-electron chi connectivity index (χ2n) is 8.19. The van der Waals surface area contributed by atoms with Crippen LogP contribution in [0, 0.1) is 6.92 Å². The summed E-state index contributed by atoms with van der Waals surface area (Å²) in [6, 6.07) is 6.47. The third-order valence-electron chi connectivity index (χ3n) is 6.15. The maximum atomic E-state index is 13.4. The Bertz CT molecular complexity index is 1210. The number of carbonyl (C=O) groups excluding carboxylic acids is 1. The number of aromatic hydroxyl groups is 1. The Kier molecular flexibility index (Phi) is 6.61. The number of methoxy groups -OCH3 is 3. The number of nitrogens with one attached hydrogen (secondary N) is 1. The van der Waals surface area contributed by atoms with Gasteiger partial charge in [0.1, 0.15) is 17.1 Å². The van der Waals surface area contributed by atoms with Crippen molar-refractivity contribution in [3.8, 4) is 34.3 Å². The number of amides is 1. The lowest BCUT2D eigenvalue weighted by Crippen LogP contribution is -2.30. The molecule has 1 aliphatic rings. The molecule has 1 unspecified atom stereocenters. The monoisotopic (exact) mass is 485 g/mol. The third kappa shape index (κ3) is 3.81. The third-order valence-corrected chi connectivity index (χ3v) is 6.56. The van der Waals surface area contributed by atoms with E-state index in [0.29, 0.717) is 51.3 Å². The van der Waals surface area contributed by atoms with Crippen LogP contribution in [-0.2, 0) is 0 Å². The maximum Gasteiger partial charge on any atom is 0.273 e. The molecule has 9 heteroatoms. The summed E-state index contributed by atoms with van der Waals surface area (Å²) in [5.74, 6) is 1.32. The molecule has 1 atom stereocenters. The molecular formula is C25H28ClN3O5. The lowest BCUT2D eigenvalue weighted by molar-refractivity contribution is 0.0741. The van der Waals surface area contributed by atoms with Gasteiger partial charge < -0.3 is 24.2 Å². The van der Waals surface area contributed by atoms with Crippen LogP contribution in [0.3, 0.4) is 0 Å². The minimum atomic E-state index is -0.476. The molecule has 1 aliphatic heterocycles. The molecule has 0 spiro atoms. The number of carbonyl (C=O) groups is 1. The zero-order valence-electron chi connectivity index (χ0n) is 19.9. The van der Waals surface area contributed by atoms with Crippen LogP contribution >= 0.6 is 11.6 Å². The van der Waals surface area contributed by atoms with E-state index in [9.17, 15) is 9.90 Å². The van der Waals surface area contributed by atoms with Gasteiger partial charge in [0, 0.05) is 22.7 Å². The highest BCUT2D eigenvalue weighted by atomic mass is 35.5. The quantitative estimate of drug-likeness (QED) is 0.460. The minimum absolute atomic E-state index is 0.0410. The molecule has 8 nitrogen and oxygen atoms in total. The van der Waals surface area contributed by atoms with E-state index < -0.39 is 6.04 Å². The fraction of sp³-hybridized carbons (Fsp3) is 0.360. The van der Waals surface area contributed by atoms with E-state index in [-0.39, 0.29) is 11.7 Å². The Morgan fingerprint density at radius 1 is 1.12 bits per heavy atom. The predicted octanol–water partition coefficient (Wildman–Crippen LogP) is 5.12. The van der Waals surface area contributed by atoms with E-state index in [2.05, 4.69) is 17.1 Å². The van der Waals surface area contributed by atoms with Crippen LogP contribution in [0.2, 0.25) is 5.02 Å². The van der Waals surface area contributed by atoms with Gasteiger partial charge in [0.25, 0.3) is 5.91 Å². The molecule has 0 radical (unpaired) electrons. The molecule has 34 heavy (non-hydrogen) atoms. The number of ether oxygens (including phenoxy) is 3. The van der Waals surface area contributed by atoms with Crippen molar-refractivity contribution in [2.75, 3.05) is 27.9 Å². The van der Waals surface area contributed by atoms with Crippen LogP contribution < -0.4 is 14.2 Å². The first-order valence-corrected chi connectivity index (χ1v) is 11.4. The molecule has 1 aromatic heterocycles. The molecule has 0 saturated heterocycles. The first kappa shape index (κ1) is 23.8. The van der Waals surface area contributed by atoms with Crippen LogP contribution in [0.1, 0.15) is 53.0 Å². The Morgan fingerprint density at radius 3 is 2.38 bits per heavy atom. The Labute approximate surface area is 203 Å². The molecule has 0 saturated carbocycles. The van der Waals surface area contributed by atoms with E-state index in [4.69, 9.17) is 25.8 Å². The van der Waals surface area contributed by atoms with Gasteiger partial charge in [0.2, 0.25) is 5.75 Å². The summed E-state index contributed by atoms with van der Waals surface area (Å²) >= 11 is 6.37. The number of aryl methyl sites for hydroxylation is 1. The van der Waals surface area contributed by atoms with E-state index >= 15 is 0 Å². The summed E-state index contributed by atoms with van der Waals surface area (Å²) in [6.07, 6.45) is 1.76. The van der Waals surface area contributed by atoms with Crippen molar-refractivity contribution in [2.45, 2.75) is 32.7 Å². The fourth-order valence-electron chi connectivity index (χ4n) is 4.42. The van der Waals surface area contributed by atoms with Crippen LogP contribution in [0.25, 0.3) is 11.3 Å². The van der Waals surface area contributed by atoms with Gasteiger partial charge in [-0.3, -0.25) is 9.89 Å². The molecule has 180 valence electrons. The zero-order valence-corrected chi connectivity index (χ0v) is 20.6. The number of hydrogen-bond acceptors (Lipinski definition) is 6. The summed E-state index contributed by atoms with van der Waals surface area (Å²) < 4.78 is 16.6. The van der Waals surface area contributed by atoms with Crippen molar-refractivity contribution in [1.82, 2.24) is 15.1 Å². The van der Waals surface area contributed by atoms with Crippen molar-refractivity contribution < 1.29 is 24.1 Å². The van der Waals surface area contributed by atoms with Crippen molar-refractivity contribution >= 4 is 17.5 Å². The number of rotatable bonds is 8. The summed E-state index contributed by atoms with van der Waals surface area (Å²) in [5, 5.41) is 18.5. The summed E-state index contributed by atoms with van der Waals surface area (Å²) in [7, 11) is 4.65. The molecule has 0 aliphatic carbocycles. The Balaban J connectivity index is 1.95. The van der Waals surface area contributed by atoms with Crippen molar-refractivity contribution in [3.05, 3.63) is 51.7 Å². The number of unbranched alkanes of at least 4 members (excludes halogenated alkanes) is 1. The van der Waals surface area contributed by atoms with Crippen molar-refractivity contribution in [3.63, 3.8) is 0 Å². The van der Waals surface area contributed by atoms with Crippen LogP contribution in [-0.4, -0.2) is 54.0 Å². The standard InChI is InChI=1S/C25H28ClN3O5/c1-6-7-8-29-23(14-10-18(32-3)24(34-5)19(11-14)33-4)20-21(27-28-22(20)25(29)31)15-12-16(26)13(2)9-17(15)30/h9-12,23,30H,6-8H2,1-5H3,(H,27,28). The normalized spacial score (nSPS) is 14.9. The number of phenols is 1. The predicted molar refractivity (Wildman–Crippen MR) is 129 cm³/mol. The highest BCUT2D eigenvalue weighted by molar-refractivity contribution is 6.31. The lowest BCUT2D eigenvalue weighted by atomic mass is 9.94. The van der Waals surface area contributed by atoms with Crippen LogP contribution in [0.4, 0.5) is 0 Å². The molecule has 4 rings (SSSR count). The number of aromatic amines is 1. The molecule has 2 aromatic carbocycles. The molecular weight excluding hydrogens is 458 g/mol. The number of halogens is 1. The van der Waals surface area contributed by atoms with Crippen molar-refractivity contribution in [1.29, 1.82) is 0 Å². The molecule has 1 amide bonds.